The van der Waals surface area contributed by atoms with Crippen LogP contribution in [0.5, 0.6) is 11.5 Å². The first-order chi connectivity index (χ1) is 16.7. The third-order valence-corrected chi connectivity index (χ3v) is 8.23. The fraction of sp³-hybridized carbons (Fsp3) is 0.444. The molecule has 3 aromatic rings. The Morgan fingerprint density at radius 3 is 2.54 bits per heavy atom. The molecule has 8 heteroatoms. The van der Waals surface area contributed by atoms with Crippen molar-refractivity contribution < 1.29 is 9.47 Å². The molecule has 0 saturated heterocycles. The van der Waals surface area contributed by atoms with Crippen LogP contribution in [0.3, 0.4) is 0 Å². The molecule has 1 aromatic heterocycles. The first-order valence-corrected chi connectivity index (χ1v) is 13.5. The van der Waals surface area contributed by atoms with Crippen LogP contribution in [0.15, 0.2) is 49.2 Å². The molecule has 6 nitrogen and oxygen atoms in total. The zero-order valence-electron chi connectivity index (χ0n) is 20.6. The van der Waals surface area contributed by atoms with Gasteiger partial charge in [-0.05, 0) is 68.3 Å². The molecule has 1 aliphatic rings. The number of ether oxygens (including phenoxy) is 2. The van der Waals surface area contributed by atoms with Crippen molar-refractivity contribution in [2.24, 2.45) is 10.5 Å². The quantitative estimate of drug-likeness (QED) is 0.277. The van der Waals surface area contributed by atoms with Gasteiger partial charge in [0, 0.05) is 16.0 Å². The first-order valence-electron chi connectivity index (χ1n) is 11.9. The minimum atomic E-state index is -0.153. The van der Waals surface area contributed by atoms with E-state index < -0.39 is 0 Å². The summed E-state index contributed by atoms with van der Waals surface area (Å²) in [6.07, 6.45) is 7.22. The second-order valence-corrected chi connectivity index (χ2v) is 11.7. The average molecular weight is 605 g/mol. The Hall–Kier alpha value is -2.19. The zero-order valence-corrected chi connectivity index (χ0v) is 23.8. The maximum atomic E-state index is 13.5. The van der Waals surface area contributed by atoms with Crippen LogP contribution in [-0.2, 0) is 0 Å². The van der Waals surface area contributed by atoms with E-state index in [-0.39, 0.29) is 16.9 Å². The van der Waals surface area contributed by atoms with E-state index in [1.165, 1.54) is 11.1 Å². The van der Waals surface area contributed by atoms with Crippen molar-refractivity contribution in [3.8, 4) is 11.5 Å². The smallest absolute Gasteiger partial charge is 0.282 e. The van der Waals surface area contributed by atoms with E-state index in [9.17, 15) is 4.79 Å². The van der Waals surface area contributed by atoms with Crippen molar-refractivity contribution in [3.05, 3.63) is 61.0 Å². The minimum Gasteiger partial charge on any atom is -0.493 e. The molecule has 4 rings (SSSR count). The van der Waals surface area contributed by atoms with E-state index in [2.05, 4.69) is 57.7 Å². The van der Waals surface area contributed by atoms with Gasteiger partial charge in [0.25, 0.3) is 5.56 Å². The van der Waals surface area contributed by atoms with E-state index in [4.69, 9.17) is 14.5 Å². The highest BCUT2D eigenvalue weighted by molar-refractivity contribution is 9.13. The summed E-state index contributed by atoms with van der Waals surface area (Å²) in [5, 5.41) is 5.23. The van der Waals surface area contributed by atoms with E-state index in [1.54, 1.807) is 19.4 Å². The lowest BCUT2D eigenvalue weighted by molar-refractivity contribution is 0.190. The average Bonchev–Trinajstić information content (AvgIpc) is 2.85. The molecule has 0 aliphatic heterocycles. The first kappa shape index (κ1) is 25.9. The molecule has 0 N–H and O–H groups in total. The fourth-order valence-corrected chi connectivity index (χ4v) is 5.21. The predicted molar refractivity (Wildman–Crippen MR) is 148 cm³/mol. The third kappa shape index (κ3) is 5.80. The Morgan fingerprint density at radius 1 is 1.14 bits per heavy atom. The molecule has 0 unspecified atom stereocenters. The Labute approximate surface area is 223 Å². The highest BCUT2D eigenvalue weighted by Gasteiger charge is 2.23. The lowest BCUT2D eigenvalue weighted by Gasteiger charge is -2.23. The second kappa shape index (κ2) is 10.8. The van der Waals surface area contributed by atoms with Crippen molar-refractivity contribution in [1.82, 2.24) is 9.66 Å². The van der Waals surface area contributed by atoms with Gasteiger partial charge in [-0.2, -0.15) is 9.78 Å². The SMILES string of the molecule is COc1cc(C=Nn2c(C3CCCCC3)nc3ccccc3c2=O)c(Br)c(Br)c1OCC(C)(C)C. The topological polar surface area (TPSA) is 65.7 Å². The van der Waals surface area contributed by atoms with Gasteiger partial charge in [-0.25, -0.2) is 4.98 Å². The summed E-state index contributed by atoms with van der Waals surface area (Å²) in [4.78, 5) is 18.4. The maximum Gasteiger partial charge on any atom is 0.282 e. The standard InChI is InChI=1S/C27H31Br2N3O3/c1-27(2,3)16-35-24-21(34-4)14-18(22(28)23(24)29)15-30-32-25(17-10-6-5-7-11-17)31-20-13-9-8-12-19(20)26(32)33/h8-9,12-15,17H,5-7,10-11,16H2,1-4H3. The van der Waals surface area contributed by atoms with Gasteiger partial charge in [-0.15, -0.1) is 0 Å². The molecule has 1 saturated carbocycles. The zero-order chi connectivity index (χ0) is 25.2. The number of aromatic nitrogens is 2. The summed E-state index contributed by atoms with van der Waals surface area (Å²) >= 11 is 7.31. The van der Waals surface area contributed by atoms with Crippen molar-refractivity contribution >= 4 is 49.0 Å². The molecule has 0 spiro atoms. The Kier molecular flexibility index (Phi) is 8.01. The Morgan fingerprint density at radius 2 is 1.86 bits per heavy atom. The van der Waals surface area contributed by atoms with Gasteiger partial charge < -0.3 is 9.47 Å². The van der Waals surface area contributed by atoms with Gasteiger partial charge in [0.2, 0.25) is 0 Å². The van der Waals surface area contributed by atoms with Crippen molar-refractivity contribution in [3.63, 3.8) is 0 Å². The molecule has 1 aliphatic carbocycles. The van der Waals surface area contributed by atoms with Crippen molar-refractivity contribution in [2.75, 3.05) is 13.7 Å². The lowest BCUT2D eigenvalue weighted by Crippen LogP contribution is -2.25. The third-order valence-electron chi connectivity index (χ3n) is 6.09. The number of para-hydroxylation sites is 1. The lowest BCUT2D eigenvalue weighted by atomic mass is 9.88. The van der Waals surface area contributed by atoms with Crippen LogP contribution in [0.2, 0.25) is 0 Å². The number of rotatable bonds is 6. The minimum absolute atomic E-state index is 0.00315. The van der Waals surface area contributed by atoms with E-state index >= 15 is 0 Å². The molecular formula is C27H31Br2N3O3. The van der Waals surface area contributed by atoms with Gasteiger partial charge in [-0.1, -0.05) is 52.2 Å². The van der Waals surface area contributed by atoms with Crippen LogP contribution in [0, 0.1) is 5.41 Å². The van der Waals surface area contributed by atoms with Crippen LogP contribution in [-0.4, -0.2) is 29.6 Å². The number of benzene rings is 2. The van der Waals surface area contributed by atoms with Gasteiger partial charge >= 0.3 is 0 Å². The van der Waals surface area contributed by atoms with Gasteiger partial charge in [0.1, 0.15) is 5.82 Å². The summed E-state index contributed by atoms with van der Waals surface area (Å²) in [7, 11) is 1.61. The van der Waals surface area contributed by atoms with Crippen molar-refractivity contribution in [2.45, 2.75) is 58.8 Å². The summed E-state index contributed by atoms with van der Waals surface area (Å²) in [6, 6.07) is 9.33. The molecule has 1 fully saturated rings. The molecule has 0 amide bonds. The fourth-order valence-electron chi connectivity index (χ4n) is 4.27. The number of nitrogens with zero attached hydrogens (tertiary/aromatic N) is 3. The molecule has 2 aromatic carbocycles. The highest BCUT2D eigenvalue weighted by Crippen LogP contribution is 2.43. The van der Waals surface area contributed by atoms with E-state index in [0.29, 0.717) is 23.5 Å². The maximum absolute atomic E-state index is 13.5. The number of fused-ring (bicyclic) bond motifs is 1. The van der Waals surface area contributed by atoms with E-state index in [1.807, 2.05) is 24.3 Å². The number of methoxy groups -OCH3 is 1. The van der Waals surface area contributed by atoms with E-state index in [0.717, 1.165) is 51.5 Å². The summed E-state index contributed by atoms with van der Waals surface area (Å²) in [5.41, 5.74) is 1.32. The molecule has 0 atom stereocenters. The molecule has 186 valence electrons. The molecule has 35 heavy (non-hydrogen) atoms. The van der Waals surface area contributed by atoms with Crippen molar-refractivity contribution in [1.29, 1.82) is 0 Å². The van der Waals surface area contributed by atoms with Gasteiger partial charge in [-0.3, -0.25) is 4.79 Å². The van der Waals surface area contributed by atoms with Crippen LogP contribution < -0.4 is 15.0 Å². The molecule has 0 bridgehead atoms. The molecule has 1 heterocycles. The predicted octanol–water partition coefficient (Wildman–Crippen LogP) is 7.28. The van der Waals surface area contributed by atoms with Crippen LogP contribution in [0.4, 0.5) is 0 Å². The molecule has 0 radical (unpaired) electrons. The number of hydrogen-bond donors (Lipinski definition) is 0. The van der Waals surface area contributed by atoms with Gasteiger partial charge in [0.15, 0.2) is 11.5 Å². The van der Waals surface area contributed by atoms with Crippen LogP contribution >= 0.6 is 31.9 Å². The van der Waals surface area contributed by atoms with Crippen LogP contribution in [0.25, 0.3) is 10.9 Å². The van der Waals surface area contributed by atoms with Crippen LogP contribution in [0.1, 0.15) is 70.2 Å². The highest BCUT2D eigenvalue weighted by atomic mass is 79.9. The Balaban J connectivity index is 1.78. The molecular weight excluding hydrogens is 574 g/mol. The summed E-state index contributed by atoms with van der Waals surface area (Å²) in [6.45, 7) is 6.87. The second-order valence-electron chi connectivity index (χ2n) is 10.2. The monoisotopic (exact) mass is 603 g/mol. The summed E-state index contributed by atoms with van der Waals surface area (Å²) < 4.78 is 14.7. The normalized spacial score (nSPS) is 15.1. The van der Waals surface area contributed by atoms with Gasteiger partial charge in [0.05, 0.1) is 35.3 Å². The number of hydrogen-bond acceptors (Lipinski definition) is 5. The summed E-state index contributed by atoms with van der Waals surface area (Å²) in [5.74, 6) is 2.16. The Bertz CT molecular complexity index is 1310. The largest absolute Gasteiger partial charge is 0.493 e. The number of halogens is 2.